The van der Waals surface area contributed by atoms with Crippen molar-refractivity contribution in [3.63, 3.8) is 0 Å². The van der Waals surface area contributed by atoms with Crippen LogP contribution in [0.4, 0.5) is 4.79 Å². The van der Waals surface area contributed by atoms with E-state index < -0.39 is 0 Å². The van der Waals surface area contributed by atoms with E-state index in [0.29, 0.717) is 18.7 Å². The molecular weight excluding hydrogens is 306 g/mol. The monoisotopic (exact) mass is 339 g/mol. The number of urea groups is 1. The van der Waals surface area contributed by atoms with Crippen LogP contribution >= 0.6 is 0 Å². The van der Waals surface area contributed by atoms with Gasteiger partial charge in [0.1, 0.15) is 0 Å². The number of carbonyl (C=O) groups is 1. The van der Waals surface area contributed by atoms with Crippen LogP contribution < -0.4 is 5.32 Å². The molecule has 1 spiro atoms. The summed E-state index contributed by atoms with van der Waals surface area (Å²) in [7, 11) is 4.22. The molecule has 1 heterocycles. The summed E-state index contributed by atoms with van der Waals surface area (Å²) >= 11 is 0. The summed E-state index contributed by atoms with van der Waals surface area (Å²) in [5, 5.41) is 13.5. The summed E-state index contributed by atoms with van der Waals surface area (Å²) in [5.74, 6) is 0. The van der Waals surface area contributed by atoms with Crippen LogP contribution in [0.25, 0.3) is 0 Å². The first-order chi connectivity index (χ1) is 11.5. The summed E-state index contributed by atoms with van der Waals surface area (Å²) < 4.78 is 5.80. The minimum absolute atomic E-state index is 0.0658. The molecule has 3 rings (SSSR count). The van der Waals surface area contributed by atoms with Gasteiger partial charge in [-0.3, -0.25) is 0 Å². The first kappa shape index (κ1) is 18.0. The molecule has 24 heavy (non-hydrogen) atoms. The van der Waals surface area contributed by atoms with Gasteiger partial charge in [0, 0.05) is 43.6 Å². The first-order valence-electron chi connectivity index (χ1n) is 9.48. The van der Waals surface area contributed by atoms with Crippen LogP contribution in [-0.4, -0.2) is 79.0 Å². The number of rotatable bonds is 4. The fourth-order valence-electron chi connectivity index (χ4n) is 4.77. The number of hydrogen-bond acceptors (Lipinski definition) is 4. The van der Waals surface area contributed by atoms with E-state index in [1.54, 1.807) is 0 Å². The van der Waals surface area contributed by atoms with Gasteiger partial charge in [-0.25, -0.2) is 4.79 Å². The summed E-state index contributed by atoms with van der Waals surface area (Å²) in [6, 6.07) is 0.944. The van der Waals surface area contributed by atoms with Crippen molar-refractivity contribution in [2.24, 2.45) is 5.41 Å². The second-order valence-corrected chi connectivity index (χ2v) is 7.99. The highest BCUT2D eigenvalue weighted by atomic mass is 16.5. The van der Waals surface area contributed by atoms with E-state index in [-0.39, 0.29) is 23.7 Å². The molecule has 6 nitrogen and oxygen atoms in total. The molecule has 3 aliphatic rings. The normalized spacial score (nSPS) is 35.3. The van der Waals surface area contributed by atoms with Gasteiger partial charge in [0.05, 0.1) is 12.2 Å². The molecule has 0 aromatic carbocycles. The largest absolute Gasteiger partial charge is 0.392 e. The summed E-state index contributed by atoms with van der Waals surface area (Å²) in [6.45, 7) is 4.13. The van der Waals surface area contributed by atoms with Crippen molar-refractivity contribution >= 4 is 6.03 Å². The van der Waals surface area contributed by atoms with Crippen LogP contribution in [0.1, 0.15) is 45.4 Å². The van der Waals surface area contributed by atoms with Crippen LogP contribution in [0.15, 0.2) is 0 Å². The lowest BCUT2D eigenvalue weighted by atomic mass is 9.58. The summed E-state index contributed by atoms with van der Waals surface area (Å²) in [5.41, 5.74) is -0.115. The average Bonchev–Trinajstić information content (AvgIpc) is 3.03. The van der Waals surface area contributed by atoms with E-state index in [0.717, 1.165) is 51.6 Å². The van der Waals surface area contributed by atoms with Gasteiger partial charge in [0.25, 0.3) is 0 Å². The predicted octanol–water partition coefficient (Wildman–Crippen LogP) is 1.43. The number of nitrogens with zero attached hydrogens (tertiary/aromatic N) is 2. The van der Waals surface area contributed by atoms with Crippen LogP contribution in [0.5, 0.6) is 0 Å². The maximum Gasteiger partial charge on any atom is 0.317 e. The van der Waals surface area contributed by atoms with Crippen LogP contribution in [0.2, 0.25) is 0 Å². The van der Waals surface area contributed by atoms with Gasteiger partial charge in [-0.2, -0.15) is 0 Å². The number of aliphatic hydroxyl groups is 1. The number of hydrogen-bond donors (Lipinski definition) is 2. The Hall–Kier alpha value is -0.850. The van der Waals surface area contributed by atoms with Crippen molar-refractivity contribution in [1.29, 1.82) is 0 Å². The number of aliphatic hydroxyl groups excluding tert-OH is 1. The molecule has 3 fully saturated rings. The Morgan fingerprint density at radius 3 is 2.54 bits per heavy atom. The first-order valence-corrected chi connectivity index (χ1v) is 9.48. The number of amides is 2. The summed E-state index contributed by atoms with van der Waals surface area (Å²) in [6.07, 6.45) is 5.60. The van der Waals surface area contributed by atoms with Crippen molar-refractivity contribution < 1.29 is 14.6 Å². The van der Waals surface area contributed by atoms with Gasteiger partial charge in [-0.1, -0.05) is 0 Å². The van der Waals surface area contributed by atoms with E-state index in [4.69, 9.17) is 4.74 Å². The van der Waals surface area contributed by atoms with Gasteiger partial charge >= 0.3 is 6.03 Å². The second-order valence-electron chi connectivity index (χ2n) is 7.99. The molecule has 0 radical (unpaired) electrons. The maximum absolute atomic E-state index is 12.5. The minimum Gasteiger partial charge on any atom is -0.392 e. The van der Waals surface area contributed by atoms with E-state index in [1.807, 2.05) is 11.8 Å². The molecule has 2 saturated carbocycles. The third-order valence-electron chi connectivity index (χ3n) is 6.55. The third kappa shape index (κ3) is 3.28. The van der Waals surface area contributed by atoms with E-state index in [2.05, 4.69) is 24.3 Å². The van der Waals surface area contributed by atoms with Crippen molar-refractivity contribution in [2.45, 2.75) is 69.7 Å². The SMILES string of the molecule is CCO[C@@H]1C[C@H](O)C12CCN(C(=O)N[C@@H]1CC[C@@H](N(C)C)C1)CC2. The van der Waals surface area contributed by atoms with Crippen molar-refractivity contribution in [3.8, 4) is 0 Å². The van der Waals surface area contributed by atoms with Gasteiger partial charge in [-0.05, 0) is 53.1 Å². The van der Waals surface area contributed by atoms with E-state index in [1.165, 1.54) is 0 Å². The van der Waals surface area contributed by atoms with Crippen molar-refractivity contribution in [3.05, 3.63) is 0 Å². The number of ether oxygens (including phenoxy) is 1. The zero-order valence-electron chi connectivity index (χ0n) is 15.3. The van der Waals surface area contributed by atoms with Gasteiger partial charge in [0.2, 0.25) is 0 Å². The lowest BCUT2D eigenvalue weighted by Crippen LogP contribution is -2.63. The lowest BCUT2D eigenvalue weighted by molar-refractivity contribution is -0.207. The topological polar surface area (TPSA) is 65.0 Å². The van der Waals surface area contributed by atoms with Crippen LogP contribution in [-0.2, 0) is 4.74 Å². The smallest absolute Gasteiger partial charge is 0.317 e. The predicted molar refractivity (Wildman–Crippen MR) is 92.9 cm³/mol. The van der Waals surface area contributed by atoms with Gasteiger partial charge in [-0.15, -0.1) is 0 Å². The zero-order chi connectivity index (χ0) is 17.3. The molecule has 1 aliphatic heterocycles. The standard InChI is InChI=1S/C18H33N3O3/c1-4-24-16-12-15(22)18(16)7-9-21(10-8-18)17(23)19-13-5-6-14(11-13)20(2)3/h13-16,22H,4-12H2,1-3H3,(H,19,23)/t13-,14-,15+,16-/m1/s1. The van der Waals surface area contributed by atoms with Gasteiger partial charge < -0.3 is 25.0 Å². The Labute approximate surface area is 145 Å². The van der Waals surface area contributed by atoms with Crippen molar-refractivity contribution in [1.82, 2.24) is 15.1 Å². The maximum atomic E-state index is 12.5. The zero-order valence-corrected chi connectivity index (χ0v) is 15.3. The van der Waals surface area contributed by atoms with E-state index >= 15 is 0 Å². The molecule has 138 valence electrons. The quantitative estimate of drug-likeness (QED) is 0.813. The molecule has 0 bridgehead atoms. The second kappa shape index (κ2) is 7.18. The Kier molecular flexibility index (Phi) is 5.37. The fraction of sp³-hybridized carbons (Fsp3) is 0.944. The van der Waals surface area contributed by atoms with Crippen LogP contribution in [0, 0.1) is 5.41 Å². The molecule has 2 aliphatic carbocycles. The fourth-order valence-corrected chi connectivity index (χ4v) is 4.77. The highest BCUT2D eigenvalue weighted by Gasteiger charge is 2.56. The number of nitrogens with one attached hydrogen (secondary N) is 1. The third-order valence-corrected chi connectivity index (χ3v) is 6.55. The highest BCUT2D eigenvalue weighted by Crippen LogP contribution is 2.50. The molecular formula is C18H33N3O3. The Balaban J connectivity index is 1.47. The average molecular weight is 339 g/mol. The molecule has 6 heteroatoms. The summed E-state index contributed by atoms with van der Waals surface area (Å²) in [4.78, 5) is 16.7. The molecule has 2 N–H and O–H groups in total. The molecule has 0 unspecified atom stereocenters. The molecule has 4 atom stereocenters. The molecule has 0 aromatic rings. The van der Waals surface area contributed by atoms with E-state index in [9.17, 15) is 9.90 Å². The molecule has 1 saturated heterocycles. The number of likely N-dealkylation sites (tertiary alicyclic amines) is 1. The lowest BCUT2D eigenvalue weighted by Gasteiger charge is -2.56. The number of carbonyl (C=O) groups excluding carboxylic acids is 1. The van der Waals surface area contributed by atoms with Crippen LogP contribution in [0.3, 0.4) is 0 Å². The highest BCUT2D eigenvalue weighted by molar-refractivity contribution is 5.74. The Morgan fingerprint density at radius 2 is 2.00 bits per heavy atom. The minimum atomic E-state index is -0.269. The van der Waals surface area contributed by atoms with Gasteiger partial charge in [0.15, 0.2) is 0 Å². The molecule has 0 aromatic heterocycles. The number of piperidine rings is 1. The molecule has 2 amide bonds. The Morgan fingerprint density at radius 1 is 1.29 bits per heavy atom. The Bertz CT molecular complexity index is 447. The van der Waals surface area contributed by atoms with Crippen molar-refractivity contribution in [2.75, 3.05) is 33.8 Å².